The van der Waals surface area contributed by atoms with Crippen LogP contribution in [0.5, 0.6) is 0 Å². The molecule has 0 spiro atoms. The highest BCUT2D eigenvalue weighted by atomic mass is 32.2. The molecule has 29 heavy (non-hydrogen) atoms. The van der Waals surface area contributed by atoms with Crippen LogP contribution < -0.4 is 9.62 Å². The van der Waals surface area contributed by atoms with Gasteiger partial charge < -0.3 is 9.88 Å². The van der Waals surface area contributed by atoms with Gasteiger partial charge in [-0.2, -0.15) is 0 Å². The average molecular weight is 413 g/mol. The second kappa shape index (κ2) is 8.91. The van der Waals surface area contributed by atoms with E-state index in [1.165, 1.54) is 11.4 Å². The van der Waals surface area contributed by atoms with Crippen molar-refractivity contribution in [2.75, 3.05) is 17.9 Å². The Kier molecular flexibility index (Phi) is 6.33. The number of nitrogens with one attached hydrogen (secondary N) is 1. The van der Waals surface area contributed by atoms with Crippen LogP contribution in [0, 0.1) is 6.92 Å². The molecule has 2 aromatic carbocycles. The van der Waals surface area contributed by atoms with Crippen molar-refractivity contribution >= 4 is 21.6 Å². The summed E-state index contributed by atoms with van der Waals surface area (Å²) in [4.78, 5) is 16.6. The lowest BCUT2D eigenvalue weighted by Crippen LogP contribution is -2.28. The third kappa shape index (κ3) is 4.83. The van der Waals surface area contributed by atoms with Crippen molar-refractivity contribution in [2.45, 2.75) is 24.8 Å². The fraction of sp³-hybridized carbons (Fsp3) is 0.238. The van der Waals surface area contributed by atoms with E-state index in [4.69, 9.17) is 0 Å². The minimum absolute atomic E-state index is 0.182. The van der Waals surface area contributed by atoms with Gasteiger partial charge in [-0.1, -0.05) is 18.2 Å². The van der Waals surface area contributed by atoms with Gasteiger partial charge in [0.1, 0.15) is 0 Å². The lowest BCUT2D eigenvalue weighted by Gasteiger charge is -2.22. The Morgan fingerprint density at radius 3 is 2.59 bits per heavy atom. The highest BCUT2D eigenvalue weighted by Gasteiger charge is 2.22. The van der Waals surface area contributed by atoms with Crippen LogP contribution in [0.25, 0.3) is 0 Å². The predicted molar refractivity (Wildman–Crippen MR) is 112 cm³/mol. The van der Waals surface area contributed by atoms with Crippen molar-refractivity contribution in [3.63, 3.8) is 0 Å². The van der Waals surface area contributed by atoms with Crippen LogP contribution in [0.2, 0.25) is 0 Å². The highest BCUT2D eigenvalue weighted by Crippen LogP contribution is 2.26. The molecule has 7 nitrogen and oxygen atoms in total. The van der Waals surface area contributed by atoms with Gasteiger partial charge in [-0.25, -0.2) is 13.4 Å². The van der Waals surface area contributed by atoms with Gasteiger partial charge in [-0.15, -0.1) is 0 Å². The van der Waals surface area contributed by atoms with Crippen LogP contribution in [0.15, 0.2) is 72.1 Å². The summed E-state index contributed by atoms with van der Waals surface area (Å²) in [6, 6.07) is 13.3. The molecule has 1 aromatic heterocycles. The van der Waals surface area contributed by atoms with E-state index in [-0.39, 0.29) is 10.8 Å². The molecular weight excluding hydrogens is 388 g/mol. The molecule has 0 aliphatic rings. The molecular formula is C21H24N4O3S. The number of anilines is 1. The van der Waals surface area contributed by atoms with Gasteiger partial charge >= 0.3 is 0 Å². The van der Waals surface area contributed by atoms with E-state index in [1.807, 2.05) is 10.8 Å². The Labute approximate surface area is 171 Å². The number of rotatable bonds is 8. The molecule has 152 valence electrons. The van der Waals surface area contributed by atoms with E-state index in [1.54, 1.807) is 68.0 Å². The van der Waals surface area contributed by atoms with Gasteiger partial charge in [0.2, 0.25) is 0 Å². The van der Waals surface area contributed by atoms with Crippen LogP contribution in [-0.2, 0) is 16.6 Å². The van der Waals surface area contributed by atoms with Gasteiger partial charge in [0, 0.05) is 38.1 Å². The molecule has 0 saturated heterocycles. The van der Waals surface area contributed by atoms with Crippen molar-refractivity contribution in [2.24, 2.45) is 0 Å². The molecule has 0 fully saturated rings. The van der Waals surface area contributed by atoms with Crippen LogP contribution in [-0.4, -0.2) is 37.5 Å². The summed E-state index contributed by atoms with van der Waals surface area (Å²) in [5, 5.41) is 2.89. The normalized spacial score (nSPS) is 11.2. The van der Waals surface area contributed by atoms with Crippen molar-refractivity contribution in [1.82, 2.24) is 14.9 Å². The maximum Gasteiger partial charge on any atom is 0.264 e. The van der Waals surface area contributed by atoms with Crippen LogP contribution in [0.1, 0.15) is 22.3 Å². The number of hydrogen-bond acceptors (Lipinski definition) is 4. The van der Waals surface area contributed by atoms with Crippen LogP contribution >= 0.6 is 0 Å². The maximum atomic E-state index is 12.8. The summed E-state index contributed by atoms with van der Waals surface area (Å²) < 4.78 is 28.8. The number of aryl methyl sites for hydroxylation is 2. The zero-order valence-electron chi connectivity index (χ0n) is 16.4. The first-order valence-corrected chi connectivity index (χ1v) is 10.7. The number of amides is 1. The van der Waals surface area contributed by atoms with Gasteiger partial charge in [0.05, 0.1) is 16.9 Å². The number of imidazole rings is 1. The Morgan fingerprint density at radius 2 is 1.93 bits per heavy atom. The molecule has 0 unspecified atom stereocenters. The SMILES string of the molecule is Cc1cc(C(=O)NCCCn2ccnc2)ccc1N(C)S(=O)(=O)c1ccccc1. The molecule has 8 heteroatoms. The topological polar surface area (TPSA) is 84.3 Å². The lowest BCUT2D eigenvalue weighted by molar-refractivity contribution is 0.0952. The molecule has 1 heterocycles. The molecule has 0 radical (unpaired) electrons. The third-order valence-electron chi connectivity index (χ3n) is 4.64. The quantitative estimate of drug-likeness (QED) is 0.577. The molecule has 0 aliphatic heterocycles. The summed E-state index contributed by atoms with van der Waals surface area (Å²) in [6.45, 7) is 3.11. The summed E-state index contributed by atoms with van der Waals surface area (Å²) in [6.07, 6.45) is 6.13. The van der Waals surface area contributed by atoms with Crippen LogP contribution in [0.3, 0.4) is 0 Å². The Bertz CT molecular complexity index is 1060. The van der Waals surface area contributed by atoms with E-state index in [9.17, 15) is 13.2 Å². The van der Waals surface area contributed by atoms with Gasteiger partial charge in [0.25, 0.3) is 15.9 Å². The summed E-state index contributed by atoms with van der Waals surface area (Å²) in [5.74, 6) is -0.182. The van der Waals surface area contributed by atoms with Crippen molar-refractivity contribution in [3.8, 4) is 0 Å². The predicted octanol–water partition coefficient (Wildman–Crippen LogP) is 2.84. The van der Waals surface area contributed by atoms with Crippen molar-refractivity contribution < 1.29 is 13.2 Å². The number of sulfonamides is 1. The fourth-order valence-electron chi connectivity index (χ4n) is 3.01. The second-order valence-corrected chi connectivity index (χ2v) is 8.67. The molecule has 1 amide bonds. The number of benzene rings is 2. The Morgan fingerprint density at radius 1 is 1.17 bits per heavy atom. The summed E-state index contributed by atoms with van der Waals surface area (Å²) >= 11 is 0. The average Bonchev–Trinajstić information content (AvgIpc) is 3.24. The molecule has 3 rings (SSSR count). The lowest BCUT2D eigenvalue weighted by atomic mass is 10.1. The second-order valence-electron chi connectivity index (χ2n) is 6.70. The zero-order valence-corrected chi connectivity index (χ0v) is 17.3. The standard InChI is InChI=1S/C21H24N4O3S/c1-17-15-18(21(26)23-11-6-13-25-14-12-22-16-25)9-10-20(17)24(2)29(27,28)19-7-4-3-5-8-19/h3-5,7-10,12,14-16H,6,11,13H2,1-2H3,(H,23,26). The Hall–Kier alpha value is -3.13. The first-order chi connectivity index (χ1) is 13.9. The van der Waals surface area contributed by atoms with Gasteiger partial charge in [-0.3, -0.25) is 9.10 Å². The molecule has 0 aliphatic carbocycles. The van der Waals surface area contributed by atoms with E-state index < -0.39 is 10.0 Å². The molecule has 1 N–H and O–H groups in total. The largest absolute Gasteiger partial charge is 0.352 e. The first kappa shape index (κ1) is 20.6. The van der Waals surface area contributed by atoms with Crippen molar-refractivity contribution in [3.05, 3.63) is 78.4 Å². The van der Waals surface area contributed by atoms with E-state index >= 15 is 0 Å². The summed E-state index contributed by atoms with van der Waals surface area (Å²) in [5.41, 5.74) is 1.74. The first-order valence-electron chi connectivity index (χ1n) is 9.28. The smallest absolute Gasteiger partial charge is 0.264 e. The zero-order chi connectivity index (χ0) is 20.9. The van der Waals surface area contributed by atoms with Gasteiger partial charge in [0.15, 0.2) is 0 Å². The maximum absolute atomic E-state index is 12.8. The summed E-state index contributed by atoms with van der Waals surface area (Å²) in [7, 11) is -2.15. The van der Waals surface area contributed by atoms with Crippen LogP contribution in [0.4, 0.5) is 5.69 Å². The number of nitrogens with zero attached hydrogens (tertiary/aromatic N) is 3. The molecule has 0 saturated carbocycles. The monoisotopic (exact) mass is 412 g/mol. The number of carbonyl (C=O) groups excluding carboxylic acids is 1. The molecule has 0 bridgehead atoms. The van der Waals surface area contributed by atoms with E-state index in [0.717, 1.165) is 13.0 Å². The number of carbonyl (C=O) groups is 1. The van der Waals surface area contributed by atoms with E-state index in [2.05, 4.69) is 10.3 Å². The fourth-order valence-corrected chi connectivity index (χ4v) is 4.30. The minimum atomic E-state index is -3.66. The highest BCUT2D eigenvalue weighted by molar-refractivity contribution is 7.92. The Balaban J connectivity index is 1.65. The van der Waals surface area contributed by atoms with Crippen molar-refractivity contribution in [1.29, 1.82) is 0 Å². The van der Waals surface area contributed by atoms with Gasteiger partial charge in [-0.05, 0) is 49.2 Å². The molecule has 3 aromatic rings. The third-order valence-corrected chi connectivity index (χ3v) is 6.42. The van der Waals surface area contributed by atoms with E-state index in [0.29, 0.717) is 23.4 Å². The number of hydrogen-bond donors (Lipinski definition) is 1. The molecule has 0 atom stereocenters. The minimum Gasteiger partial charge on any atom is -0.352 e. The number of aromatic nitrogens is 2.